The van der Waals surface area contributed by atoms with Crippen LogP contribution in [-0.2, 0) is 0 Å². The van der Waals surface area contributed by atoms with E-state index < -0.39 is 0 Å². The summed E-state index contributed by atoms with van der Waals surface area (Å²) in [4.78, 5) is 4.65. The summed E-state index contributed by atoms with van der Waals surface area (Å²) in [5, 5.41) is 2.45. The summed E-state index contributed by atoms with van der Waals surface area (Å²) in [7, 11) is 0. The fraction of sp³-hybridized carbons (Fsp3) is 0. The monoisotopic (exact) mass is 614 g/mol. The average Bonchev–Trinajstić information content (AvgIpc) is 3.17. The van der Waals surface area contributed by atoms with E-state index in [-0.39, 0.29) is 0 Å². The molecule has 0 atom stereocenters. The van der Waals surface area contributed by atoms with Crippen LogP contribution in [0, 0.1) is 0 Å². The van der Waals surface area contributed by atoms with Gasteiger partial charge in [0.15, 0.2) is 0 Å². The van der Waals surface area contributed by atoms with Crippen molar-refractivity contribution < 1.29 is 0 Å². The maximum atomic E-state index is 2.33. The molecule has 48 heavy (non-hydrogen) atoms. The lowest BCUT2D eigenvalue weighted by atomic mass is 10.0. The van der Waals surface area contributed by atoms with Gasteiger partial charge in [-0.1, -0.05) is 133 Å². The Balaban J connectivity index is 1.19. The van der Waals surface area contributed by atoms with Gasteiger partial charge >= 0.3 is 0 Å². The topological polar surface area (TPSA) is 6.48 Å². The van der Waals surface area contributed by atoms with Crippen LogP contribution in [0.2, 0.25) is 0 Å². The van der Waals surface area contributed by atoms with Crippen LogP contribution in [0.3, 0.4) is 0 Å². The third-order valence-electron chi connectivity index (χ3n) is 8.84. The average molecular weight is 615 g/mol. The van der Waals surface area contributed by atoms with Crippen molar-refractivity contribution in [2.75, 3.05) is 9.80 Å². The Morgan fingerprint density at radius 3 is 1.00 bits per heavy atom. The van der Waals surface area contributed by atoms with Gasteiger partial charge in [-0.3, -0.25) is 0 Å². The van der Waals surface area contributed by atoms with Gasteiger partial charge in [0, 0.05) is 34.1 Å². The summed E-state index contributed by atoms with van der Waals surface area (Å²) in [6, 6.07) is 73.5. The standard InChI is InChI=1S/C46H34N2/c1-4-12-35(13-5-1)38-20-25-42(26-21-38)47(43-27-22-39(23-28-43)36-14-6-2-7-15-36)44-30-32-45(33-31-44)48(41-18-8-3-9-19-41)46-29-24-37-16-10-11-17-40(37)34-46/h1-34H. The molecule has 228 valence electrons. The summed E-state index contributed by atoms with van der Waals surface area (Å²) in [5.74, 6) is 0. The molecule has 8 aromatic rings. The Labute approximate surface area is 282 Å². The molecule has 2 heteroatoms. The Kier molecular flexibility index (Phi) is 7.96. The van der Waals surface area contributed by atoms with Gasteiger partial charge in [-0.2, -0.15) is 0 Å². The molecule has 0 fully saturated rings. The van der Waals surface area contributed by atoms with Crippen LogP contribution in [-0.4, -0.2) is 0 Å². The molecule has 0 spiro atoms. The highest BCUT2D eigenvalue weighted by Gasteiger charge is 2.17. The third kappa shape index (κ3) is 5.95. The maximum absolute atomic E-state index is 2.33. The van der Waals surface area contributed by atoms with E-state index >= 15 is 0 Å². The third-order valence-corrected chi connectivity index (χ3v) is 8.84. The summed E-state index contributed by atoms with van der Waals surface area (Å²) in [6.45, 7) is 0. The molecule has 0 aliphatic carbocycles. The van der Waals surface area contributed by atoms with Crippen molar-refractivity contribution in [3.8, 4) is 22.3 Å². The lowest BCUT2D eigenvalue weighted by Crippen LogP contribution is -2.12. The molecule has 0 amide bonds. The highest BCUT2D eigenvalue weighted by atomic mass is 15.2. The molecule has 0 heterocycles. The van der Waals surface area contributed by atoms with E-state index in [1.165, 1.54) is 33.0 Å². The van der Waals surface area contributed by atoms with Crippen LogP contribution in [0.15, 0.2) is 206 Å². The fourth-order valence-electron chi connectivity index (χ4n) is 6.41. The molecule has 0 saturated carbocycles. The molecule has 8 aromatic carbocycles. The molecule has 0 saturated heterocycles. The molecule has 0 unspecified atom stereocenters. The number of hydrogen-bond donors (Lipinski definition) is 0. The minimum Gasteiger partial charge on any atom is -0.311 e. The molecule has 2 nitrogen and oxygen atoms in total. The van der Waals surface area contributed by atoms with Crippen molar-refractivity contribution in [3.63, 3.8) is 0 Å². The van der Waals surface area contributed by atoms with E-state index in [1.807, 2.05) is 0 Å². The van der Waals surface area contributed by atoms with Gasteiger partial charge in [0.2, 0.25) is 0 Å². The Hall–Kier alpha value is -6.38. The van der Waals surface area contributed by atoms with E-state index in [1.54, 1.807) is 0 Å². The van der Waals surface area contributed by atoms with Gasteiger partial charge < -0.3 is 9.80 Å². The summed E-state index contributed by atoms with van der Waals surface area (Å²) < 4.78 is 0. The van der Waals surface area contributed by atoms with Crippen LogP contribution in [0.1, 0.15) is 0 Å². The highest BCUT2D eigenvalue weighted by molar-refractivity contribution is 5.90. The van der Waals surface area contributed by atoms with Crippen molar-refractivity contribution in [1.82, 2.24) is 0 Å². The SMILES string of the molecule is c1ccc(-c2ccc(N(c3ccc(-c4ccccc4)cc3)c3ccc(N(c4ccccc4)c4ccc5ccccc5c4)cc3)cc2)cc1. The predicted octanol–water partition coefficient (Wildman–Crippen LogP) is 13.1. The number of anilines is 6. The Bertz CT molecular complexity index is 2160. The molecule has 8 rings (SSSR count). The van der Waals surface area contributed by atoms with Crippen LogP contribution < -0.4 is 9.80 Å². The van der Waals surface area contributed by atoms with E-state index in [0.717, 1.165) is 34.1 Å². The predicted molar refractivity (Wildman–Crippen MR) is 204 cm³/mol. The second kappa shape index (κ2) is 13.2. The number of para-hydroxylation sites is 1. The second-order valence-electron chi connectivity index (χ2n) is 11.9. The normalized spacial score (nSPS) is 10.9. The zero-order valence-corrected chi connectivity index (χ0v) is 26.5. The molecule has 0 radical (unpaired) electrons. The lowest BCUT2D eigenvalue weighted by molar-refractivity contribution is 1.26. The van der Waals surface area contributed by atoms with Gasteiger partial charge in [0.05, 0.1) is 0 Å². The Morgan fingerprint density at radius 2 is 0.521 bits per heavy atom. The van der Waals surface area contributed by atoms with Gasteiger partial charge in [-0.15, -0.1) is 0 Å². The summed E-state index contributed by atoms with van der Waals surface area (Å²) >= 11 is 0. The van der Waals surface area contributed by atoms with Crippen molar-refractivity contribution in [2.24, 2.45) is 0 Å². The highest BCUT2D eigenvalue weighted by Crippen LogP contribution is 2.40. The van der Waals surface area contributed by atoms with E-state index in [0.29, 0.717) is 0 Å². The first kappa shape index (κ1) is 29.1. The smallest absolute Gasteiger partial charge is 0.0468 e. The Morgan fingerprint density at radius 1 is 0.208 bits per heavy atom. The van der Waals surface area contributed by atoms with Crippen LogP contribution in [0.4, 0.5) is 34.1 Å². The first-order chi connectivity index (χ1) is 23.8. The molecular formula is C46H34N2. The van der Waals surface area contributed by atoms with E-state index in [2.05, 4.69) is 216 Å². The molecule has 0 bridgehead atoms. The van der Waals surface area contributed by atoms with Gasteiger partial charge in [0.25, 0.3) is 0 Å². The first-order valence-electron chi connectivity index (χ1n) is 16.4. The number of hydrogen-bond acceptors (Lipinski definition) is 2. The van der Waals surface area contributed by atoms with Crippen LogP contribution in [0.5, 0.6) is 0 Å². The minimum absolute atomic E-state index is 1.09. The van der Waals surface area contributed by atoms with Gasteiger partial charge in [-0.25, -0.2) is 0 Å². The number of benzene rings is 8. The summed E-state index contributed by atoms with van der Waals surface area (Å²) in [5.41, 5.74) is 11.4. The second-order valence-corrected chi connectivity index (χ2v) is 11.9. The quantitative estimate of drug-likeness (QED) is 0.168. The zero-order valence-electron chi connectivity index (χ0n) is 26.5. The molecule has 0 aromatic heterocycles. The molecular weight excluding hydrogens is 581 g/mol. The minimum atomic E-state index is 1.09. The van der Waals surface area contributed by atoms with E-state index in [9.17, 15) is 0 Å². The van der Waals surface area contributed by atoms with Gasteiger partial charge in [-0.05, 0) is 106 Å². The van der Waals surface area contributed by atoms with E-state index in [4.69, 9.17) is 0 Å². The van der Waals surface area contributed by atoms with Crippen molar-refractivity contribution in [2.45, 2.75) is 0 Å². The number of fused-ring (bicyclic) bond motifs is 1. The van der Waals surface area contributed by atoms with Crippen molar-refractivity contribution in [1.29, 1.82) is 0 Å². The molecule has 0 N–H and O–H groups in total. The van der Waals surface area contributed by atoms with Gasteiger partial charge in [0.1, 0.15) is 0 Å². The first-order valence-corrected chi connectivity index (χ1v) is 16.4. The fourth-order valence-corrected chi connectivity index (χ4v) is 6.41. The maximum Gasteiger partial charge on any atom is 0.0468 e. The lowest BCUT2D eigenvalue weighted by Gasteiger charge is -2.28. The zero-order chi connectivity index (χ0) is 32.1. The molecule has 0 aliphatic rings. The number of rotatable bonds is 8. The van der Waals surface area contributed by atoms with Crippen LogP contribution >= 0.6 is 0 Å². The number of nitrogens with zero attached hydrogens (tertiary/aromatic N) is 2. The van der Waals surface area contributed by atoms with Crippen molar-refractivity contribution in [3.05, 3.63) is 206 Å². The van der Waals surface area contributed by atoms with Crippen LogP contribution in [0.25, 0.3) is 33.0 Å². The largest absolute Gasteiger partial charge is 0.311 e. The molecule has 0 aliphatic heterocycles. The summed E-state index contributed by atoms with van der Waals surface area (Å²) in [6.07, 6.45) is 0. The van der Waals surface area contributed by atoms with Crippen molar-refractivity contribution >= 4 is 44.9 Å².